The number of methoxy groups -OCH3 is 1. The monoisotopic (exact) mass is 564 g/mol. The second-order valence-corrected chi connectivity index (χ2v) is 9.56. The molecule has 0 radical (unpaired) electrons. The highest BCUT2D eigenvalue weighted by molar-refractivity contribution is 7.97. The van der Waals surface area contributed by atoms with E-state index in [2.05, 4.69) is 26.9 Å². The van der Waals surface area contributed by atoms with Crippen LogP contribution in [0.2, 0.25) is 0 Å². The summed E-state index contributed by atoms with van der Waals surface area (Å²) in [4.78, 5) is 41.0. The van der Waals surface area contributed by atoms with Gasteiger partial charge in [-0.1, -0.05) is 61.0 Å². The van der Waals surface area contributed by atoms with Gasteiger partial charge in [0.25, 0.3) is 0 Å². The van der Waals surface area contributed by atoms with E-state index in [-0.39, 0.29) is 30.7 Å². The second-order valence-electron chi connectivity index (χ2n) is 8.75. The molecule has 0 saturated heterocycles. The molecule has 2 rings (SSSR count). The molecule has 1 atom stereocenters. The van der Waals surface area contributed by atoms with Crippen LogP contribution in [0.5, 0.6) is 0 Å². The number of amides is 2. The number of amidine groups is 1. The molecule has 2 aromatic rings. The van der Waals surface area contributed by atoms with Gasteiger partial charge < -0.3 is 21.1 Å². The van der Waals surface area contributed by atoms with Crippen molar-refractivity contribution in [3.05, 3.63) is 101 Å². The summed E-state index contributed by atoms with van der Waals surface area (Å²) in [5, 5.41) is 12.9. The number of nitrogens with one attached hydrogen (secondary N) is 4. The summed E-state index contributed by atoms with van der Waals surface area (Å²) in [7, 11) is 1.33. The highest BCUT2D eigenvalue weighted by Crippen LogP contribution is 2.12. The molecule has 0 aliphatic rings. The number of hydrogen-bond donors (Lipinski definition) is 5. The Balaban J connectivity index is 1.93. The maximum atomic E-state index is 13.0. The number of aryl methyl sites for hydroxylation is 1. The average molecular weight is 565 g/mol. The minimum Gasteiger partial charge on any atom is -0.466 e. The van der Waals surface area contributed by atoms with E-state index in [9.17, 15) is 14.4 Å². The fourth-order valence-corrected chi connectivity index (χ4v) is 4.21. The van der Waals surface area contributed by atoms with Crippen LogP contribution in [0.1, 0.15) is 30.0 Å². The summed E-state index contributed by atoms with van der Waals surface area (Å²) in [6.07, 6.45) is 9.67. The van der Waals surface area contributed by atoms with Crippen LogP contribution in [-0.4, -0.2) is 54.1 Å². The molecule has 11 heteroatoms. The van der Waals surface area contributed by atoms with Crippen LogP contribution in [0.4, 0.5) is 0 Å². The van der Waals surface area contributed by atoms with Gasteiger partial charge >= 0.3 is 5.97 Å². The largest absolute Gasteiger partial charge is 0.466 e. The van der Waals surface area contributed by atoms with Gasteiger partial charge in [0, 0.05) is 35.8 Å². The van der Waals surface area contributed by atoms with Crippen LogP contribution in [0.25, 0.3) is 0 Å². The van der Waals surface area contributed by atoms with E-state index in [1.54, 1.807) is 61.8 Å². The number of rotatable bonds is 16. The Morgan fingerprint density at radius 2 is 1.80 bits per heavy atom. The molecule has 0 bridgehead atoms. The smallest absolute Gasteiger partial charge is 0.333 e. The number of esters is 1. The molecule has 0 fully saturated rings. The topological polar surface area (TPSA) is 159 Å². The number of benzene rings is 1. The lowest BCUT2D eigenvalue weighted by molar-refractivity contribution is -0.136. The van der Waals surface area contributed by atoms with E-state index >= 15 is 0 Å². The number of nitrogen functional groups attached to an aromatic ring is 1. The zero-order valence-corrected chi connectivity index (χ0v) is 23.6. The van der Waals surface area contributed by atoms with Crippen molar-refractivity contribution in [2.75, 3.05) is 19.4 Å². The maximum Gasteiger partial charge on any atom is 0.333 e. The van der Waals surface area contributed by atoms with E-state index in [0.29, 0.717) is 29.7 Å². The van der Waals surface area contributed by atoms with Crippen molar-refractivity contribution >= 4 is 35.6 Å². The number of nitrogens with zero attached hydrogens (tertiary/aromatic N) is 1. The van der Waals surface area contributed by atoms with Gasteiger partial charge in [0.1, 0.15) is 5.84 Å². The van der Waals surface area contributed by atoms with Gasteiger partial charge in [0.2, 0.25) is 11.8 Å². The standard InChI is InChI=1S/C29H36N6O4S/c1-4-21(6-5-20(2)29(38)39-3)19-40-35-25(12-9-22-13-15-32-16-14-22)28(37)34-18-26(36)33-17-23-7-10-24(11-8-23)27(30)31/h4-8,10-11,13-16,25,35H,1,9,12,17-19H2,2-3H3,(H3,30,31)(H,33,36)(H,34,37)/b20-5+,21-6+. The lowest BCUT2D eigenvalue weighted by atomic mass is 10.1. The zero-order chi connectivity index (χ0) is 29.3. The van der Waals surface area contributed by atoms with Crippen molar-refractivity contribution in [3.63, 3.8) is 0 Å². The molecule has 1 aromatic heterocycles. The minimum absolute atomic E-state index is 0.0224. The van der Waals surface area contributed by atoms with Crippen LogP contribution >= 0.6 is 11.9 Å². The van der Waals surface area contributed by atoms with Gasteiger partial charge in [0.15, 0.2) is 0 Å². The third-order valence-corrected chi connectivity index (χ3v) is 6.68. The molecule has 0 aliphatic heterocycles. The van der Waals surface area contributed by atoms with E-state index in [1.807, 2.05) is 12.1 Å². The first-order valence-electron chi connectivity index (χ1n) is 12.6. The number of allylic oxidation sites excluding steroid dienone is 3. The lowest BCUT2D eigenvalue weighted by Gasteiger charge is -2.18. The van der Waals surface area contributed by atoms with E-state index in [4.69, 9.17) is 15.9 Å². The molecule has 6 N–H and O–H groups in total. The Morgan fingerprint density at radius 3 is 2.42 bits per heavy atom. The fraction of sp³-hybridized carbons (Fsp3) is 0.276. The van der Waals surface area contributed by atoms with E-state index in [0.717, 1.165) is 16.7 Å². The molecule has 1 unspecified atom stereocenters. The third kappa shape index (κ3) is 11.7. The van der Waals surface area contributed by atoms with Gasteiger partial charge in [-0.3, -0.25) is 24.7 Å². The average Bonchev–Trinajstić information content (AvgIpc) is 2.98. The van der Waals surface area contributed by atoms with Crippen molar-refractivity contribution in [3.8, 4) is 0 Å². The fourth-order valence-electron chi connectivity index (χ4n) is 3.32. The van der Waals surface area contributed by atoms with Crippen molar-refractivity contribution in [2.24, 2.45) is 5.73 Å². The van der Waals surface area contributed by atoms with Crippen LogP contribution in [-0.2, 0) is 32.1 Å². The molecule has 0 spiro atoms. The Labute approximate surface area is 239 Å². The maximum absolute atomic E-state index is 13.0. The molecular weight excluding hydrogens is 528 g/mol. The van der Waals surface area contributed by atoms with Crippen molar-refractivity contribution in [1.82, 2.24) is 20.3 Å². The summed E-state index contributed by atoms with van der Waals surface area (Å²) in [6, 6.07) is 10.2. The third-order valence-electron chi connectivity index (χ3n) is 5.75. The van der Waals surface area contributed by atoms with Crippen LogP contribution in [0.3, 0.4) is 0 Å². The summed E-state index contributed by atoms with van der Waals surface area (Å²) in [6.45, 7) is 5.59. The molecule has 212 valence electrons. The highest BCUT2D eigenvalue weighted by Gasteiger charge is 2.19. The second kappa shape index (κ2) is 17.4. The number of aromatic nitrogens is 1. The molecule has 10 nitrogen and oxygen atoms in total. The molecule has 1 heterocycles. The molecule has 0 saturated carbocycles. The normalized spacial score (nSPS) is 12.2. The number of carbonyl (C=O) groups excluding carboxylic acids is 3. The summed E-state index contributed by atoms with van der Waals surface area (Å²) in [5.74, 6) is -0.558. The summed E-state index contributed by atoms with van der Waals surface area (Å²) in [5.41, 5.74) is 9.27. The molecule has 1 aromatic carbocycles. The predicted molar refractivity (Wildman–Crippen MR) is 158 cm³/mol. The van der Waals surface area contributed by atoms with Gasteiger partial charge in [-0.2, -0.15) is 0 Å². The SMILES string of the molecule is C=C/C(=C\C=C(/C)C(=O)OC)CSNC(CCc1ccncc1)C(=O)NCC(=O)NCc1ccc(C(=N)N)cc1. The Morgan fingerprint density at radius 1 is 1.10 bits per heavy atom. The number of hydrogen-bond acceptors (Lipinski definition) is 8. The Kier molecular flexibility index (Phi) is 13.9. The van der Waals surface area contributed by atoms with Gasteiger partial charge in [0.05, 0.1) is 19.7 Å². The predicted octanol–water partition coefficient (Wildman–Crippen LogP) is 2.57. The van der Waals surface area contributed by atoms with Crippen molar-refractivity contribution < 1.29 is 19.1 Å². The number of ether oxygens (including phenoxy) is 1. The molecule has 2 amide bonds. The first-order valence-corrected chi connectivity index (χ1v) is 13.5. The van der Waals surface area contributed by atoms with Crippen molar-refractivity contribution in [2.45, 2.75) is 32.4 Å². The van der Waals surface area contributed by atoms with Crippen LogP contribution in [0.15, 0.2) is 84.7 Å². The zero-order valence-electron chi connectivity index (χ0n) is 22.7. The highest BCUT2D eigenvalue weighted by atomic mass is 32.2. The number of carbonyl (C=O) groups is 3. The molecule has 40 heavy (non-hydrogen) atoms. The van der Waals surface area contributed by atoms with E-state index in [1.165, 1.54) is 19.1 Å². The Bertz CT molecular complexity index is 1230. The first-order chi connectivity index (χ1) is 19.2. The van der Waals surface area contributed by atoms with Gasteiger partial charge in [-0.05, 0) is 48.6 Å². The Hall–Kier alpha value is -4.22. The van der Waals surface area contributed by atoms with Crippen LogP contribution < -0.4 is 21.1 Å². The molecular formula is C29H36N6O4S. The van der Waals surface area contributed by atoms with Crippen molar-refractivity contribution in [1.29, 1.82) is 5.41 Å². The lowest BCUT2D eigenvalue weighted by Crippen LogP contribution is -2.45. The first kappa shape index (κ1) is 32.0. The summed E-state index contributed by atoms with van der Waals surface area (Å²) < 4.78 is 7.90. The number of pyridine rings is 1. The van der Waals surface area contributed by atoms with Crippen LogP contribution in [0, 0.1) is 5.41 Å². The van der Waals surface area contributed by atoms with Gasteiger partial charge in [-0.15, -0.1) is 0 Å². The number of nitrogens with two attached hydrogens (primary N) is 1. The molecule has 0 aliphatic carbocycles. The van der Waals surface area contributed by atoms with Gasteiger partial charge in [-0.25, -0.2) is 4.79 Å². The minimum atomic E-state index is -0.566. The van der Waals surface area contributed by atoms with E-state index < -0.39 is 12.0 Å². The quantitative estimate of drug-likeness (QED) is 0.0520. The summed E-state index contributed by atoms with van der Waals surface area (Å²) >= 11 is 1.34.